The average Bonchev–Trinajstić information content (AvgIpc) is 3.24. The number of fused-ring (bicyclic) bond motifs is 1. The van der Waals surface area contributed by atoms with Crippen LogP contribution in [-0.2, 0) is 25.4 Å². The maximum atomic E-state index is 12.9. The number of carbonyl (C=O) groups is 1. The number of halogens is 6. The molecule has 7 nitrogen and oxygen atoms in total. The molecule has 0 saturated heterocycles. The van der Waals surface area contributed by atoms with Gasteiger partial charge in [0.1, 0.15) is 11.7 Å². The smallest absolute Gasteiger partial charge is 0.350 e. The molecule has 4 aromatic rings. The largest absolute Gasteiger partial charge is 0.416 e. The van der Waals surface area contributed by atoms with Crippen molar-refractivity contribution in [3.8, 4) is 0 Å². The van der Waals surface area contributed by atoms with Crippen LogP contribution in [0.4, 0.5) is 26.3 Å². The number of benzene rings is 2. The van der Waals surface area contributed by atoms with Crippen LogP contribution in [0.2, 0.25) is 0 Å². The summed E-state index contributed by atoms with van der Waals surface area (Å²) in [6.45, 7) is 0.0334. The zero-order chi connectivity index (χ0) is 26.1. The lowest BCUT2D eigenvalue weighted by molar-refractivity contribution is -0.138. The maximum Gasteiger partial charge on any atom is 0.416 e. The summed E-state index contributed by atoms with van der Waals surface area (Å²) in [6.07, 6.45) is -6.55. The summed E-state index contributed by atoms with van der Waals surface area (Å²) in [7, 11) is 0. The van der Waals surface area contributed by atoms with E-state index in [0.29, 0.717) is 0 Å². The molecule has 2 aromatic carbocycles. The molecule has 0 bridgehead atoms. The summed E-state index contributed by atoms with van der Waals surface area (Å²) in [5.41, 5.74) is -1.67. The molecule has 36 heavy (non-hydrogen) atoms. The highest BCUT2D eigenvalue weighted by Crippen LogP contribution is 2.30. The van der Waals surface area contributed by atoms with Gasteiger partial charge in [0.25, 0.3) is 11.5 Å². The molecule has 4 rings (SSSR count). The van der Waals surface area contributed by atoms with Gasteiger partial charge < -0.3 is 5.32 Å². The van der Waals surface area contributed by atoms with Gasteiger partial charge in [-0.3, -0.25) is 14.2 Å². The Morgan fingerprint density at radius 1 is 0.944 bits per heavy atom. The second-order valence-corrected chi connectivity index (χ2v) is 7.81. The van der Waals surface area contributed by atoms with Gasteiger partial charge in [-0.1, -0.05) is 12.1 Å². The highest BCUT2D eigenvalue weighted by Gasteiger charge is 2.31. The van der Waals surface area contributed by atoms with Crippen LogP contribution >= 0.6 is 0 Å². The highest BCUT2D eigenvalue weighted by molar-refractivity contribution is 5.94. The SMILES string of the molecule is O=C(NCCn1ncc2c(=O)n(Cc3cccc(C(F)(F)F)c3)cnc21)c1ccc(C(F)(F)F)cc1. The van der Waals surface area contributed by atoms with E-state index in [1.807, 2.05) is 0 Å². The van der Waals surface area contributed by atoms with Gasteiger partial charge in [-0.25, -0.2) is 9.67 Å². The van der Waals surface area contributed by atoms with Crippen LogP contribution in [-0.4, -0.2) is 31.8 Å². The van der Waals surface area contributed by atoms with Crippen molar-refractivity contribution in [1.82, 2.24) is 24.6 Å². The van der Waals surface area contributed by atoms with Crippen molar-refractivity contribution in [3.63, 3.8) is 0 Å². The van der Waals surface area contributed by atoms with E-state index < -0.39 is 34.9 Å². The van der Waals surface area contributed by atoms with Gasteiger partial charge in [0, 0.05) is 12.1 Å². The number of rotatable bonds is 6. The molecule has 1 amide bonds. The average molecular weight is 509 g/mol. The van der Waals surface area contributed by atoms with E-state index in [9.17, 15) is 35.9 Å². The Morgan fingerprint density at radius 3 is 2.31 bits per heavy atom. The maximum absolute atomic E-state index is 12.9. The van der Waals surface area contributed by atoms with Crippen LogP contribution < -0.4 is 10.9 Å². The highest BCUT2D eigenvalue weighted by atomic mass is 19.4. The van der Waals surface area contributed by atoms with Crippen molar-refractivity contribution >= 4 is 16.9 Å². The fourth-order valence-corrected chi connectivity index (χ4v) is 3.50. The molecule has 2 heterocycles. The molecular weight excluding hydrogens is 492 g/mol. The fourth-order valence-electron chi connectivity index (χ4n) is 3.50. The molecule has 0 saturated carbocycles. The molecule has 13 heteroatoms. The molecule has 2 aromatic heterocycles. The van der Waals surface area contributed by atoms with Crippen LogP contribution in [0.1, 0.15) is 27.0 Å². The predicted molar refractivity (Wildman–Crippen MR) is 116 cm³/mol. The normalized spacial score (nSPS) is 12.2. The minimum Gasteiger partial charge on any atom is -0.350 e. The van der Waals surface area contributed by atoms with E-state index in [-0.39, 0.29) is 41.8 Å². The van der Waals surface area contributed by atoms with Crippen molar-refractivity contribution in [2.75, 3.05) is 6.54 Å². The molecule has 0 atom stereocenters. The first kappa shape index (κ1) is 24.9. The van der Waals surface area contributed by atoms with E-state index in [1.165, 1.54) is 29.3 Å². The van der Waals surface area contributed by atoms with Crippen LogP contribution in [0.5, 0.6) is 0 Å². The third kappa shape index (κ3) is 5.39. The number of carbonyl (C=O) groups excluding carboxylic acids is 1. The standard InChI is InChI=1S/C23H17F6N5O2/c24-22(25,26)16-6-4-15(5-7-16)20(35)30-8-9-34-19-18(11-32-34)21(36)33(13-31-19)12-14-2-1-3-17(10-14)23(27,28)29/h1-7,10-11,13H,8-9,12H2,(H,30,35). The van der Waals surface area contributed by atoms with E-state index in [1.54, 1.807) is 0 Å². The zero-order valence-corrected chi connectivity index (χ0v) is 18.3. The van der Waals surface area contributed by atoms with Crippen molar-refractivity contribution in [3.05, 3.63) is 93.7 Å². The topological polar surface area (TPSA) is 81.8 Å². The molecule has 0 aliphatic heterocycles. The summed E-state index contributed by atoms with van der Waals surface area (Å²) in [5.74, 6) is -0.586. The van der Waals surface area contributed by atoms with E-state index in [4.69, 9.17) is 0 Å². The van der Waals surface area contributed by atoms with Crippen LogP contribution in [0.15, 0.2) is 65.8 Å². The van der Waals surface area contributed by atoms with E-state index in [2.05, 4.69) is 15.4 Å². The van der Waals surface area contributed by atoms with Crippen LogP contribution in [0.3, 0.4) is 0 Å². The minimum absolute atomic E-state index is 0.0453. The number of amides is 1. The third-order valence-electron chi connectivity index (χ3n) is 5.31. The van der Waals surface area contributed by atoms with Gasteiger partial charge in [0.15, 0.2) is 5.65 Å². The Balaban J connectivity index is 1.43. The Bertz CT molecular complexity index is 1460. The van der Waals surface area contributed by atoms with Crippen molar-refractivity contribution in [2.24, 2.45) is 0 Å². The molecule has 0 aliphatic carbocycles. The quantitative estimate of drug-likeness (QED) is 0.397. The van der Waals surface area contributed by atoms with Crippen molar-refractivity contribution in [2.45, 2.75) is 25.4 Å². The van der Waals surface area contributed by atoms with Gasteiger partial charge in [0.05, 0.1) is 30.4 Å². The lowest BCUT2D eigenvalue weighted by Crippen LogP contribution is -2.28. The number of hydrogen-bond acceptors (Lipinski definition) is 4. The molecular formula is C23H17F6N5O2. The monoisotopic (exact) mass is 509 g/mol. The zero-order valence-electron chi connectivity index (χ0n) is 18.3. The van der Waals surface area contributed by atoms with Gasteiger partial charge in [0.2, 0.25) is 0 Å². The Kier molecular flexibility index (Phi) is 6.57. The molecule has 188 valence electrons. The van der Waals surface area contributed by atoms with Gasteiger partial charge in [-0.15, -0.1) is 0 Å². The number of nitrogens with zero attached hydrogens (tertiary/aromatic N) is 4. The first-order chi connectivity index (χ1) is 16.9. The van der Waals surface area contributed by atoms with E-state index >= 15 is 0 Å². The number of nitrogens with one attached hydrogen (secondary N) is 1. The van der Waals surface area contributed by atoms with Gasteiger partial charge >= 0.3 is 12.4 Å². The Hall–Kier alpha value is -4.16. The molecule has 0 radical (unpaired) electrons. The number of alkyl halides is 6. The second-order valence-electron chi connectivity index (χ2n) is 7.81. The predicted octanol–water partition coefficient (Wildman–Crippen LogP) is 4.11. The Morgan fingerprint density at radius 2 is 1.64 bits per heavy atom. The minimum atomic E-state index is -4.51. The van der Waals surface area contributed by atoms with Crippen LogP contribution in [0, 0.1) is 0 Å². The molecule has 0 fully saturated rings. The molecule has 1 N–H and O–H groups in total. The van der Waals surface area contributed by atoms with Crippen molar-refractivity contribution in [1.29, 1.82) is 0 Å². The molecule has 0 unspecified atom stereocenters. The van der Waals surface area contributed by atoms with Crippen molar-refractivity contribution < 1.29 is 31.1 Å². The number of aromatic nitrogens is 4. The molecule has 0 aliphatic rings. The Labute approximate surface area is 199 Å². The lowest BCUT2D eigenvalue weighted by atomic mass is 10.1. The van der Waals surface area contributed by atoms with Crippen LogP contribution in [0.25, 0.3) is 11.0 Å². The first-order valence-electron chi connectivity index (χ1n) is 10.5. The van der Waals surface area contributed by atoms with E-state index in [0.717, 1.165) is 41.0 Å². The fraction of sp³-hybridized carbons (Fsp3) is 0.217. The summed E-state index contributed by atoms with van der Waals surface area (Å²) in [5, 5.41) is 6.76. The van der Waals surface area contributed by atoms with Gasteiger partial charge in [-0.05, 0) is 42.0 Å². The first-order valence-corrected chi connectivity index (χ1v) is 10.5. The second kappa shape index (κ2) is 9.47. The summed E-state index contributed by atoms with van der Waals surface area (Å²) >= 11 is 0. The summed E-state index contributed by atoms with van der Waals surface area (Å²) in [4.78, 5) is 29.2. The van der Waals surface area contributed by atoms with Gasteiger partial charge in [-0.2, -0.15) is 31.4 Å². The summed E-state index contributed by atoms with van der Waals surface area (Å²) in [6, 6.07) is 8.37. The lowest BCUT2D eigenvalue weighted by Gasteiger charge is -2.10. The summed E-state index contributed by atoms with van der Waals surface area (Å²) < 4.78 is 79.3. The molecule has 0 spiro atoms. The third-order valence-corrected chi connectivity index (χ3v) is 5.31. The number of hydrogen-bond donors (Lipinski definition) is 1.